The van der Waals surface area contributed by atoms with Gasteiger partial charge in [-0.1, -0.05) is 42.5 Å². The number of nitrogens with zero attached hydrogens (tertiary/aromatic N) is 2. The maximum absolute atomic E-state index is 13.0. The van der Waals surface area contributed by atoms with E-state index in [-0.39, 0.29) is 17.2 Å². The molecule has 134 valence electrons. The third-order valence-electron chi connectivity index (χ3n) is 5.81. The number of carbonyl (C=O) groups is 2. The maximum Gasteiger partial charge on any atom is 0.253 e. The molecule has 0 N–H and O–H groups in total. The summed E-state index contributed by atoms with van der Waals surface area (Å²) in [6.45, 7) is 2.03. The van der Waals surface area contributed by atoms with Crippen molar-refractivity contribution in [3.63, 3.8) is 0 Å². The van der Waals surface area contributed by atoms with E-state index < -0.39 is 0 Å². The lowest BCUT2D eigenvalue weighted by molar-refractivity contribution is -0.143. The van der Waals surface area contributed by atoms with Crippen LogP contribution < -0.4 is 0 Å². The van der Waals surface area contributed by atoms with Crippen molar-refractivity contribution >= 4 is 11.8 Å². The van der Waals surface area contributed by atoms with Gasteiger partial charge >= 0.3 is 0 Å². The van der Waals surface area contributed by atoms with Gasteiger partial charge < -0.3 is 9.80 Å². The molecule has 4 rings (SSSR count). The quantitative estimate of drug-likeness (QED) is 0.834. The standard InChI is InChI=1S/C22H24N2O2/c1-23-13-6-11-22(21(23)26)12-14-24(16-22)20(25)19-10-5-9-18(15-19)17-7-3-2-4-8-17/h2-5,7-10,15H,6,11-14,16H2,1H3/t22-/m0/s1. The molecular weight excluding hydrogens is 324 g/mol. The zero-order chi connectivity index (χ0) is 18.1. The fourth-order valence-electron chi connectivity index (χ4n) is 4.34. The zero-order valence-corrected chi connectivity index (χ0v) is 15.1. The van der Waals surface area contributed by atoms with E-state index in [0.717, 1.165) is 36.9 Å². The lowest BCUT2D eigenvalue weighted by Crippen LogP contribution is -2.48. The van der Waals surface area contributed by atoms with Crippen molar-refractivity contribution in [3.05, 3.63) is 60.2 Å². The normalized spacial score (nSPS) is 22.9. The van der Waals surface area contributed by atoms with E-state index in [1.807, 2.05) is 71.4 Å². The Morgan fingerprint density at radius 3 is 2.54 bits per heavy atom. The SMILES string of the molecule is CN1CCC[C@@]2(CCN(C(=O)c3cccc(-c4ccccc4)c3)C2)C1=O. The highest BCUT2D eigenvalue weighted by atomic mass is 16.2. The van der Waals surface area contributed by atoms with Gasteiger partial charge in [0.15, 0.2) is 0 Å². The predicted octanol–water partition coefficient (Wildman–Crippen LogP) is 3.44. The summed E-state index contributed by atoms with van der Waals surface area (Å²) in [5.41, 5.74) is 2.47. The average Bonchev–Trinajstić information content (AvgIpc) is 3.11. The predicted molar refractivity (Wildman–Crippen MR) is 102 cm³/mol. The molecule has 0 bridgehead atoms. The second-order valence-corrected chi connectivity index (χ2v) is 7.53. The molecule has 0 aromatic heterocycles. The van der Waals surface area contributed by atoms with Crippen LogP contribution in [-0.2, 0) is 4.79 Å². The van der Waals surface area contributed by atoms with E-state index in [4.69, 9.17) is 0 Å². The zero-order valence-electron chi connectivity index (χ0n) is 15.1. The molecular formula is C22H24N2O2. The lowest BCUT2D eigenvalue weighted by Gasteiger charge is -2.37. The van der Waals surface area contributed by atoms with Crippen molar-refractivity contribution in [2.45, 2.75) is 19.3 Å². The summed E-state index contributed by atoms with van der Waals surface area (Å²) in [5.74, 6) is 0.234. The van der Waals surface area contributed by atoms with E-state index in [0.29, 0.717) is 18.7 Å². The summed E-state index contributed by atoms with van der Waals surface area (Å²) in [7, 11) is 1.87. The van der Waals surface area contributed by atoms with Crippen LogP contribution >= 0.6 is 0 Å². The number of hydrogen-bond acceptors (Lipinski definition) is 2. The van der Waals surface area contributed by atoms with Crippen LogP contribution in [0.3, 0.4) is 0 Å². The molecule has 26 heavy (non-hydrogen) atoms. The smallest absolute Gasteiger partial charge is 0.253 e. The minimum atomic E-state index is -0.361. The van der Waals surface area contributed by atoms with Crippen LogP contribution in [0.4, 0.5) is 0 Å². The molecule has 2 saturated heterocycles. The van der Waals surface area contributed by atoms with E-state index in [2.05, 4.69) is 0 Å². The number of hydrogen-bond donors (Lipinski definition) is 0. The van der Waals surface area contributed by atoms with Gasteiger partial charge in [0.25, 0.3) is 5.91 Å². The van der Waals surface area contributed by atoms with Crippen molar-refractivity contribution in [1.29, 1.82) is 0 Å². The molecule has 2 aromatic carbocycles. The van der Waals surface area contributed by atoms with Crippen LogP contribution in [0, 0.1) is 5.41 Å². The van der Waals surface area contributed by atoms with Gasteiger partial charge in [0, 0.05) is 32.2 Å². The lowest BCUT2D eigenvalue weighted by atomic mass is 9.78. The number of likely N-dealkylation sites (tertiary alicyclic amines) is 2. The highest BCUT2D eigenvalue weighted by Crippen LogP contribution is 2.40. The summed E-state index contributed by atoms with van der Waals surface area (Å²) in [6.07, 6.45) is 2.69. The summed E-state index contributed by atoms with van der Waals surface area (Å²) >= 11 is 0. The van der Waals surface area contributed by atoms with Crippen LogP contribution in [0.25, 0.3) is 11.1 Å². The Labute approximate surface area is 154 Å². The van der Waals surface area contributed by atoms with Crippen molar-refractivity contribution in [3.8, 4) is 11.1 Å². The summed E-state index contributed by atoms with van der Waals surface area (Å²) in [6, 6.07) is 17.9. The first-order valence-electron chi connectivity index (χ1n) is 9.29. The molecule has 0 unspecified atom stereocenters. The largest absolute Gasteiger partial charge is 0.345 e. The van der Waals surface area contributed by atoms with Crippen molar-refractivity contribution in [2.75, 3.05) is 26.7 Å². The topological polar surface area (TPSA) is 40.6 Å². The first kappa shape index (κ1) is 16.8. The fraction of sp³-hybridized carbons (Fsp3) is 0.364. The van der Waals surface area contributed by atoms with Crippen molar-refractivity contribution in [1.82, 2.24) is 9.80 Å². The number of amides is 2. The van der Waals surface area contributed by atoms with Gasteiger partial charge in [-0.05, 0) is 42.5 Å². The number of benzene rings is 2. The Kier molecular flexibility index (Phi) is 4.27. The molecule has 4 nitrogen and oxygen atoms in total. The Morgan fingerprint density at radius 1 is 0.962 bits per heavy atom. The van der Waals surface area contributed by atoms with Crippen LogP contribution in [-0.4, -0.2) is 48.3 Å². The van der Waals surface area contributed by atoms with Crippen LogP contribution in [0.1, 0.15) is 29.6 Å². The van der Waals surface area contributed by atoms with E-state index in [1.54, 1.807) is 0 Å². The molecule has 2 aliphatic rings. The molecule has 4 heteroatoms. The van der Waals surface area contributed by atoms with Crippen LogP contribution in [0.2, 0.25) is 0 Å². The van der Waals surface area contributed by atoms with Crippen LogP contribution in [0.15, 0.2) is 54.6 Å². The van der Waals surface area contributed by atoms with Gasteiger partial charge in [0.1, 0.15) is 0 Å². The van der Waals surface area contributed by atoms with Gasteiger partial charge in [-0.2, -0.15) is 0 Å². The molecule has 0 saturated carbocycles. The first-order chi connectivity index (χ1) is 12.6. The maximum atomic E-state index is 13.0. The molecule has 2 aliphatic heterocycles. The monoisotopic (exact) mass is 348 g/mol. The first-order valence-corrected chi connectivity index (χ1v) is 9.29. The number of carbonyl (C=O) groups excluding carboxylic acids is 2. The van der Waals surface area contributed by atoms with Crippen molar-refractivity contribution < 1.29 is 9.59 Å². The Morgan fingerprint density at radius 2 is 1.73 bits per heavy atom. The molecule has 2 fully saturated rings. The minimum Gasteiger partial charge on any atom is -0.345 e. The summed E-state index contributed by atoms with van der Waals surface area (Å²) in [5, 5.41) is 0. The summed E-state index contributed by atoms with van der Waals surface area (Å²) < 4.78 is 0. The van der Waals surface area contributed by atoms with Crippen LogP contribution in [0.5, 0.6) is 0 Å². The van der Waals surface area contributed by atoms with Gasteiger partial charge in [0.05, 0.1) is 5.41 Å². The molecule has 1 spiro atoms. The highest BCUT2D eigenvalue weighted by molar-refractivity contribution is 5.96. The van der Waals surface area contributed by atoms with Gasteiger partial charge in [-0.15, -0.1) is 0 Å². The third kappa shape index (κ3) is 2.90. The molecule has 2 amide bonds. The Hall–Kier alpha value is -2.62. The van der Waals surface area contributed by atoms with E-state index in [9.17, 15) is 9.59 Å². The molecule has 2 heterocycles. The Bertz CT molecular complexity index is 833. The van der Waals surface area contributed by atoms with Crippen molar-refractivity contribution in [2.24, 2.45) is 5.41 Å². The van der Waals surface area contributed by atoms with Gasteiger partial charge in [0.2, 0.25) is 5.91 Å². The molecule has 1 atom stereocenters. The Balaban J connectivity index is 1.55. The summed E-state index contributed by atoms with van der Waals surface area (Å²) in [4.78, 5) is 29.4. The second-order valence-electron chi connectivity index (χ2n) is 7.53. The molecule has 0 radical (unpaired) electrons. The number of rotatable bonds is 2. The number of piperidine rings is 1. The fourth-order valence-corrected chi connectivity index (χ4v) is 4.34. The van der Waals surface area contributed by atoms with Gasteiger partial charge in [-0.25, -0.2) is 0 Å². The van der Waals surface area contributed by atoms with E-state index in [1.165, 1.54) is 0 Å². The molecule has 2 aromatic rings. The highest BCUT2D eigenvalue weighted by Gasteiger charge is 2.48. The minimum absolute atomic E-state index is 0.0284. The van der Waals surface area contributed by atoms with Gasteiger partial charge in [-0.3, -0.25) is 9.59 Å². The van der Waals surface area contributed by atoms with E-state index >= 15 is 0 Å². The second kappa shape index (κ2) is 6.60. The average molecular weight is 348 g/mol. The molecule has 0 aliphatic carbocycles. The third-order valence-corrected chi connectivity index (χ3v) is 5.81.